The third-order valence-corrected chi connectivity index (χ3v) is 6.51. The van der Waals surface area contributed by atoms with Gasteiger partial charge in [0.05, 0.1) is 18.5 Å². The molecule has 22 heavy (non-hydrogen) atoms. The summed E-state index contributed by atoms with van der Waals surface area (Å²) >= 11 is 0. The molecule has 2 aliphatic rings. The molecule has 3 heterocycles. The minimum absolute atomic E-state index is 0.386. The Labute approximate surface area is 131 Å². The molecule has 0 aliphatic carbocycles. The van der Waals surface area contributed by atoms with Crippen molar-refractivity contribution in [2.24, 2.45) is 0 Å². The molecule has 0 spiro atoms. The molecule has 1 atom stereocenters. The van der Waals surface area contributed by atoms with Gasteiger partial charge < -0.3 is 9.64 Å². The summed E-state index contributed by atoms with van der Waals surface area (Å²) in [4.78, 5) is 10.7. The predicted octanol–water partition coefficient (Wildman–Crippen LogP) is 0.416. The predicted molar refractivity (Wildman–Crippen MR) is 83.3 cm³/mol. The van der Waals surface area contributed by atoms with Crippen LogP contribution in [-0.4, -0.2) is 67.3 Å². The van der Waals surface area contributed by atoms with Crippen molar-refractivity contribution in [2.45, 2.75) is 25.0 Å². The van der Waals surface area contributed by atoms with Gasteiger partial charge in [-0.1, -0.05) is 0 Å². The Bertz CT molecular complexity index is 616. The lowest BCUT2D eigenvalue weighted by Crippen LogP contribution is -2.51. The number of aryl methyl sites for hydroxylation is 1. The largest absolute Gasteiger partial charge is 0.379 e. The van der Waals surface area contributed by atoms with Crippen LogP contribution in [0.2, 0.25) is 0 Å². The van der Waals surface area contributed by atoms with Crippen LogP contribution in [0.4, 0.5) is 5.95 Å². The van der Waals surface area contributed by atoms with Crippen molar-refractivity contribution in [3.05, 3.63) is 18.0 Å². The lowest BCUT2D eigenvalue weighted by atomic mass is 10.1. The first-order valence-corrected chi connectivity index (χ1v) is 9.19. The van der Waals surface area contributed by atoms with Crippen molar-refractivity contribution in [2.75, 3.05) is 44.3 Å². The smallest absolute Gasteiger partial charge is 0.225 e. The fraction of sp³-hybridized carbons (Fsp3) is 0.714. The average molecular weight is 326 g/mol. The molecule has 2 fully saturated rings. The average Bonchev–Trinajstić information content (AvgIpc) is 2.56. The third-order valence-electron chi connectivity index (χ3n) is 4.19. The van der Waals surface area contributed by atoms with E-state index >= 15 is 0 Å². The van der Waals surface area contributed by atoms with E-state index in [1.54, 1.807) is 10.5 Å². The zero-order valence-corrected chi connectivity index (χ0v) is 13.6. The summed E-state index contributed by atoms with van der Waals surface area (Å²) in [5.74, 6) is 0.627. The maximum Gasteiger partial charge on any atom is 0.225 e. The molecule has 1 aromatic rings. The number of morpholine rings is 1. The molecule has 7 nitrogen and oxygen atoms in total. The molecular formula is C14H22N4O3S. The first-order chi connectivity index (χ1) is 10.6. The molecule has 0 saturated carbocycles. The van der Waals surface area contributed by atoms with Crippen LogP contribution in [0.3, 0.4) is 0 Å². The summed E-state index contributed by atoms with van der Waals surface area (Å²) in [7, 11) is -3.28. The monoisotopic (exact) mass is 326 g/mol. The normalized spacial score (nSPS) is 24.4. The summed E-state index contributed by atoms with van der Waals surface area (Å²) in [5.41, 5.74) is 0.892. The fourth-order valence-corrected chi connectivity index (χ4v) is 4.88. The van der Waals surface area contributed by atoms with E-state index in [0.717, 1.165) is 18.7 Å². The lowest BCUT2D eigenvalue weighted by Gasteiger charge is -2.36. The van der Waals surface area contributed by atoms with Crippen molar-refractivity contribution in [1.29, 1.82) is 0 Å². The Hall–Kier alpha value is -1.25. The molecule has 0 amide bonds. The lowest BCUT2D eigenvalue weighted by molar-refractivity contribution is 0.0725. The van der Waals surface area contributed by atoms with Crippen LogP contribution in [0.5, 0.6) is 0 Å². The summed E-state index contributed by atoms with van der Waals surface area (Å²) < 4.78 is 32.4. The fourth-order valence-electron chi connectivity index (χ4n) is 2.96. The van der Waals surface area contributed by atoms with Gasteiger partial charge >= 0.3 is 0 Å². The Balaban J connectivity index is 1.75. The summed E-state index contributed by atoms with van der Waals surface area (Å²) in [5, 5.41) is -0.386. The minimum Gasteiger partial charge on any atom is -0.379 e. The van der Waals surface area contributed by atoms with E-state index < -0.39 is 10.0 Å². The van der Waals surface area contributed by atoms with E-state index in [0.29, 0.717) is 45.2 Å². The van der Waals surface area contributed by atoms with E-state index in [2.05, 4.69) is 9.97 Å². The molecule has 0 aromatic carbocycles. The zero-order valence-electron chi connectivity index (χ0n) is 12.8. The van der Waals surface area contributed by atoms with Gasteiger partial charge in [0, 0.05) is 38.1 Å². The molecule has 8 heteroatoms. The number of nitrogens with zero attached hydrogens (tertiary/aromatic N) is 4. The molecule has 0 radical (unpaired) electrons. The van der Waals surface area contributed by atoms with Gasteiger partial charge in [-0.3, -0.25) is 0 Å². The summed E-state index contributed by atoms with van der Waals surface area (Å²) in [6.45, 7) is 5.06. The standard InChI is InChI=1S/C14H22N4O3S/c1-12-4-5-15-14(16-12)17-6-2-3-13(11-17)22(19,20)18-7-9-21-10-8-18/h4-5,13H,2-3,6-11H2,1H3/t13-/m0/s1. The van der Waals surface area contributed by atoms with Gasteiger partial charge in [-0.05, 0) is 25.8 Å². The van der Waals surface area contributed by atoms with Gasteiger partial charge in [0.15, 0.2) is 0 Å². The van der Waals surface area contributed by atoms with Crippen LogP contribution in [0.1, 0.15) is 18.5 Å². The van der Waals surface area contributed by atoms with Crippen LogP contribution < -0.4 is 4.90 Å². The van der Waals surface area contributed by atoms with Crippen molar-refractivity contribution < 1.29 is 13.2 Å². The Morgan fingerprint density at radius 3 is 2.77 bits per heavy atom. The Kier molecular flexibility index (Phi) is 4.60. The number of ether oxygens (including phenoxy) is 1. The minimum atomic E-state index is -3.28. The van der Waals surface area contributed by atoms with Crippen LogP contribution in [0.15, 0.2) is 12.3 Å². The van der Waals surface area contributed by atoms with Gasteiger partial charge in [-0.15, -0.1) is 0 Å². The molecule has 2 saturated heterocycles. The zero-order chi connectivity index (χ0) is 15.6. The van der Waals surface area contributed by atoms with E-state index in [9.17, 15) is 8.42 Å². The maximum absolute atomic E-state index is 12.8. The summed E-state index contributed by atoms with van der Waals surface area (Å²) in [6.07, 6.45) is 3.26. The van der Waals surface area contributed by atoms with E-state index in [-0.39, 0.29) is 5.25 Å². The molecule has 0 N–H and O–H groups in total. The summed E-state index contributed by atoms with van der Waals surface area (Å²) in [6, 6.07) is 1.84. The van der Waals surface area contributed by atoms with E-state index in [4.69, 9.17) is 4.74 Å². The Morgan fingerprint density at radius 1 is 1.27 bits per heavy atom. The van der Waals surface area contributed by atoms with Crippen LogP contribution in [0, 0.1) is 6.92 Å². The van der Waals surface area contributed by atoms with Crippen LogP contribution >= 0.6 is 0 Å². The first kappa shape index (κ1) is 15.6. The highest BCUT2D eigenvalue weighted by atomic mass is 32.2. The van der Waals surface area contributed by atoms with Crippen molar-refractivity contribution >= 4 is 16.0 Å². The number of aromatic nitrogens is 2. The molecular weight excluding hydrogens is 304 g/mol. The van der Waals surface area contributed by atoms with Crippen molar-refractivity contribution in [3.63, 3.8) is 0 Å². The number of hydrogen-bond acceptors (Lipinski definition) is 6. The number of piperidine rings is 1. The molecule has 3 rings (SSSR count). The van der Waals surface area contributed by atoms with Crippen molar-refractivity contribution in [1.82, 2.24) is 14.3 Å². The first-order valence-electron chi connectivity index (χ1n) is 7.69. The highest BCUT2D eigenvalue weighted by molar-refractivity contribution is 7.89. The topological polar surface area (TPSA) is 75.6 Å². The molecule has 2 aliphatic heterocycles. The van der Waals surface area contributed by atoms with Gasteiger partial charge in [0.2, 0.25) is 16.0 Å². The SMILES string of the molecule is Cc1ccnc(N2CCC[C@H](S(=O)(=O)N3CCOCC3)C2)n1. The highest BCUT2D eigenvalue weighted by Crippen LogP contribution is 2.23. The second-order valence-corrected chi connectivity index (χ2v) is 7.98. The number of rotatable bonds is 3. The van der Waals surface area contributed by atoms with Gasteiger partial charge in [0.25, 0.3) is 0 Å². The second kappa shape index (κ2) is 6.47. The van der Waals surface area contributed by atoms with Crippen LogP contribution in [0.25, 0.3) is 0 Å². The molecule has 0 unspecified atom stereocenters. The van der Waals surface area contributed by atoms with Crippen LogP contribution in [-0.2, 0) is 14.8 Å². The van der Waals surface area contributed by atoms with E-state index in [1.807, 2.05) is 17.9 Å². The maximum atomic E-state index is 12.8. The number of anilines is 1. The second-order valence-electron chi connectivity index (χ2n) is 5.76. The molecule has 0 bridgehead atoms. The Morgan fingerprint density at radius 2 is 2.05 bits per heavy atom. The molecule has 122 valence electrons. The van der Waals surface area contributed by atoms with Gasteiger partial charge in [0.1, 0.15) is 0 Å². The highest BCUT2D eigenvalue weighted by Gasteiger charge is 2.36. The quantitative estimate of drug-likeness (QED) is 0.801. The van der Waals surface area contributed by atoms with E-state index in [1.165, 1.54) is 0 Å². The van der Waals surface area contributed by atoms with Gasteiger partial charge in [-0.25, -0.2) is 18.4 Å². The van der Waals surface area contributed by atoms with Gasteiger partial charge in [-0.2, -0.15) is 4.31 Å². The van der Waals surface area contributed by atoms with Crippen molar-refractivity contribution in [3.8, 4) is 0 Å². The molecule has 1 aromatic heterocycles. The third kappa shape index (κ3) is 3.23. The number of sulfonamides is 1. The number of hydrogen-bond donors (Lipinski definition) is 0.